The number of hydrogen-bond acceptors (Lipinski definition) is 5. The molecule has 29 heavy (non-hydrogen) atoms. The number of hydrogen-bond donors (Lipinski definition) is 1. The van der Waals surface area contributed by atoms with Gasteiger partial charge in [0, 0.05) is 12.3 Å². The van der Waals surface area contributed by atoms with Gasteiger partial charge in [-0.3, -0.25) is 9.59 Å². The molecule has 2 aliphatic carbocycles. The van der Waals surface area contributed by atoms with Crippen molar-refractivity contribution in [3.05, 3.63) is 23.8 Å². The zero-order valence-electron chi connectivity index (χ0n) is 18.2. The molecule has 0 radical (unpaired) electrons. The van der Waals surface area contributed by atoms with Crippen molar-refractivity contribution < 1.29 is 24.2 Å². The van der Waals surface area contributed by atoms with Gasteiger partial charge in [-0.1, -0.05) is 45.9 Å². The highest BCUT2D eigenvalue weighted by Crippen LogP contribution is 2.45. The van der Waals surface area contributed by atoms with Gasteiger partial charge in [-0.05, 0) is 49.0 Å². The van der Waals surface area contributed by atoms with Crippen molar-refractivity contribution >= 4 is 11.9 Å². The molecule has 0 bridgehead atoms. The summed E-state index contributed by atoms with van der Waals surface area (Å²) in [5, 5.41) is 9.89. The van der Waals surface area contributed by atoms with E-state index in [1.165, 1.54) is 5.57 Å². The molecular formula is C24H36O5. The number of aliphatic hydroxyl groups excluding tert-OH is 1. The highest BCUT2D eigenvalue weighted by Gasteiger charge is 2.42. The average Bonchev–Trinajstić information content (AvgIpc) is 2.65. The SMILES string of the molecule is CC[C@@H](C)C(=O)O[C@H]1C[C@H](C)C=C2C=C[C@@H](C)[C@@H](CC[C@@H]3C[C@H](O)CC(=O)O3)[C@@H]21. The molecule has 5 heteroatoms. The minimum absolute atomic E-state index is 0.0854. The van der Waals surface area contributed by atoms with Gasteiger partial charge in [-0.15, -0.1) is 0 Å². The minimum atomic E-state index is -0.597. The normalized spacial score (nSPS) is 37.9. The van der Waals surface area contributed by atoms with Crippen LogP contribution in [0.4, 0.5) is 0 Å². The van der Waals surface area contributed by atoms with Crippen molar-refractivity contribution in [2.75, 3.05) is 0 Å². The van der Waals surface area contributed by atoms with Crippen LogP contribution in [0.5, 0.6) is 0 Å². The van der Waals surface area contributed by atoms with Gasteiger partial charge in [0.25, 0.3) is 0 Å². The Morgan fingerprint density at radius 1 is 1.31 bits per heavy atom. The third kappa shape index (κ3) is 5.30. The van der Waals surface area contributed by atoms with E-state index in [-0.39, 0.29) is 42.4 Å². The van der Waals surface area contributed by atoms with Crippen molar-refractivity contribution in [3.63, 3.8) is 0 Å². The summed E-state index contributed by atoms with van der Waals surface area (Å²) in [6, 6.07) is 0. The Bertz CT molecular complexity index is 666. The highest BCUT2D eigenvalue weighted by molar-refractivity contribution is 5.72. The quantitative estimate of drug-likeness (QED) is 0.672. The second-order valence-corrected chi connectivity index (χ2v) is 9.36. The maximum atomic E-state index is 12.5. The molecular weight excluding hydrogens is 368 g/mol. The van der Waals surface area contributed by atoms with Gasteiger partial charge in [-0.2, -0.15) is 0 Å². The van der Waals surface area contributed by atoms with Crippen molar-refractivity contribution in [3.8, 4) is 0 Å². The minimum Gasteiger partial charge on any atom is -0.462 e. The largest absolute Gasteiger partial charge is 0.462 e. The Morgan fingerprint density at radius 3 is 2.76 bits per heavy atom. The molecule has 0 saturated carbocycles. The van der Waals surface area contributed by atoms with Crippen LogP contribution in [0.25, 0.3) is 0 Å². The maximum Gasteiger partial charge on any atom is 0.308 e. The molecule has 0 aromatic carbocycles. The zero-order valence-corrected chi connectivity index (χ0v) is 18.2. The van der Waals surface area contributed by atoms with Gasteiger partial charge in [0.05, 0.1) is 18.4 Å². The van der Waals surface area contributed by atoms with Crippen LogP contribution in [-0.4, -0.2) is 35.4 Å². The molecule has 0 unspecified atom stereocenters. The molecule has 1 saturated heterocycles. The van der Waals surface area contributed by atoms with E-state index in [0.717, 1.165) is 25.7 Å². The lowest BCUT2D eigenvalue weighted by atomic mass is 9.65. The second-order valence-electron chi connectivity index (χ2n) is 9.36. The van der Waals surface area contributed by atoms with E-state index in [1.54, 1.807) is 0 Å². The molecule has 1 N–H and O–H groups in total. The third-order valence-electron chi connectivity index (χ3n) is 6.93. The molecule has 1 fully saturated rings. The average molecular weight is 405 g/mol. The van der Waals surface area contributed by atoms with Gasteiger partial charge < -0.3 is 14.6 Å². The van der Waals surface area contributed by atoms with Crippen LogP contribution in [0, 0.1) is 29.6 Å². The first-order chi connectivity index (χ1) is 13.8. The first kappa shape index (κ1) is 22.1. The number of esters is 2. The predicted molar refractivity (Wildman–Crippen MR) is 111 cm³/mol. The van der Waals surface area contributed by atoms with Gasteiger partial charge >= 0.3 is 11.9 Å². The lowest BCUT2D eigenvalue weighted by Crippen LogP contribution is -2.42. The molecule has 0 spiro atoms. The van der Waals surface area contributed by atoms with E-state index in [9.17, 15) is 14.7 Å². The monoisotopic (exact) mass is 404 g/mol. The first-order valence-electron chi connectivity index (χ1n) is 11.3. The summed E-state index contributed by atoms with van der Waals surface area (Å²) in [5.41, 5.74) is 1.27. The fourth-order valence-corrected chi connectivity index (χ4v) is 5.07. The molecule has 3 rings (SSSR count). The summed E-state index contributed by atoms with van der Waals surface area (Å²) in [4.78, 5) is 24.2. The first-order valence-corrected chi connectivity index (χ1v) is 11.3. The van der Waals surface area contributed by atoms with E-state index >= 15 is 0 Å². The van der Waals surface area contributed by atoms with E-state index in [1.807, 2.05) is 13.8 Å². The van der Waals surface area contributed by atoms with E-state index < -0.39 is 6.10 Å². The Labute approximate surface area is 174 Å². The lowest BCUT2D eigenvalue weighted by Gasteiger charge is -2.43. The summed E-state index contributed by atoms with van der Waals surface area (Å²) in [5.74, 6) is 0.755. The maximum absolute atomic E-state index is 12.5. The highest BCUT2D eigenvalue weighted by atomic mass is 16.5. The van der Waals surface area contributed by atoms with E-state index in [2.05, 4.69) is 32.1 Å². The lowest BCUT2D eigenvalue weighted by molar-refractivity contribution is -0.162. The number of rotatable bonds is 6. The fraction of sp³-hybridized carbons (Fsp3) is 0.750. The Hall–Kier alpha value is -1.62. The summed E-state index contributed by atoms with van der Waals surface area (Å²) in [6.07, 6.45) is 9.70. The number of cyclic esters (lactones) is 1. The Kier molecular flexibility index (Phi) is 7.20. The van der Waals surface area contributed by atoms with Gasteiger partial charge in [0.2, 0.25) is 0 Å². The number of fused-ring (bicyclic) bond motifs is 1. The number of ether oxygens (including phenoxy) is 2. The van der Waals surface area contributed by atoms with Crippen LogP contribution in [0.1, 0.15) is 66.2 Å². The van der Waals surface area contributed by atoms with Gasteiger partial charge in [0.1, 0.15) is 12.2 Å². The molecule has 1 heterocycles. The Balaban J connectivity index is 1.74. The molecule has 8 atom stereocenters. The molecule has 0 aromatic rings. The van der Waals surface area contributed by atoms with Crippen molar-refractivity contribution in [1.29, 1.82) is 0 Å². The van der Waals surface area contributed by atoms with Crippen molar-refractivity contribution in [2.45, 2.75) is 84.5 Å². The van der Waals surface area contributed by atoms with Crippen molar-refractivity contribution in [1.82, 2.24) is 0 Å². The second kappa shape index (κ2) is 9.46. The van der Waals surface area contributed by atoms with Crippen LogP contribution in [0.2, 0.25) is 0 Å². The predicted octanol–water partition coefficient (Wildman–Crippen LogP) is 4.20. The van der Waals surface area contributed by atoms with Gasteiger partial charge in [-0.25, -0.2) is 0 Å². The number of carbonyl (C=O) groups excluding carboxylic acids is 2. The van der Waals surface area contributed by atoms with Gasteiger partial charge in [0.15, 0.2) is 0 Å². The van der Waals surface area contributed by atoms with E-state index in [0.29, 0.717) is 24.2 Å². The summed E-state index contributed by atoms with van der Waals surface area (Å²) < 4.78 is 11.5. The smallest absolute Gasteiger partial charge is 0.308 e. The van der Waals surface area contributed by atoms with Crippen LogP contribution < -0.4 is 0 Å². The van der Waals surface area contributed by atoms with Crippen LogP contribution in [-0.2, 0) is 19.1 Å². The Morgan fingerprint density at radius 2 is 2.07 bits per heavy atom. The zero-order chi connectivity index (χ0) is 21.1. The van der Waals surface area contributed by atoms with E-state index in [4.69, 9.17) is 9.47 Å². The van der Waals surface area contributed by atoms with Crippen LogP contribution in [0.3, 0.4) is 0 Å². The van der Waals surface area contributed by atoms with Crippen molar-refractivity contribution in [2.24, 2.45) is 29.6 Å². The molecule has 0 aromatic heterocycles. The summed E-state index contributed by atoms with van der Waals surface area (Å²) in [6.45, 7) is 8.33. The molecule has 3 aliphatic rings. The number of carbonyl (C=O) groups is 2. The van der Waals surface area contributed by atoms with Crippen LogP contribution >= 0.6 is 0 Å². The topological polar surface area (TPSA) is 72.8 Å². The molecule has 162 valence electrons. The molecule has 0 amide bonds. The molecule has 1 aliphatic heterocycles. The van der Waals surface area contributed by atoms with Crippen LogP contribution in [0.15, 0.2) is 23.8 Å². The molecule has 5 nitrogen and oxygen atoms in total. The third-order valence-corrected chi connectivity index (χ3v) is 6.93. The number of aliphatic hydroxyl groups is 1. The number of allylic oxidation sites excluding steroid dienone is 3. The fourth-order valence-electron chi connectivity index (χ4n) is 5.07. The summed E-state index contributed by atoms with van der Waals surface area (Å²) in [7, 11) is 0. The summed E-state index contributed by atoms with van der Waals surface area (Å²) >= 11 is 0. The standard InChI is InChI=1S/C24H36O5/c1-5-15(3)24(27)29-21-11-14(2)10-17-7-6-16(4)20(23(17)21)9-8-19-12-18(25)13-22(26)28-19/h6-7,10,14-16,18-21,23,25H,5,8-9,11-13H2,1-4H3/t14-,15-,16-,18+,19-,20-,21+,23-/m1/s1.